The maximum Gasteiger partial charge on any atom is 0.304 e. The monoisotopic (exact) mass is 296 g/mol. The van der Waals surface area contributed by atoms with Crippen LogP contribution >= 0.6 is 11.6 Å². The SMILES string of the molecule is COc1c(C(C)(C)CC(=O)O)cc2c(c1Cl)CCCC2. The van der Waals surface area contributed by atoms with Gasteiger partial charge >= 0.3 is 5.97 Å². The highest BCUT2D eigenvalue weighted by Gasteiger charge is 2.31. The van der Waals surface area contributed by atoms with Crippen molar-refractivity contribution in [3.05, 3.63) is 27.8 Å². The predicted molar refractivity (Wildman–Crippen MR) is 79.9 cm³/mol. The molecule has 0 unspecified atom stereocenters. The van der Waals surface area contributed by atoms with Crippen molar-refractivity contribution >= 4 is 17.6 Å². The fourth-order valence-corrected chi connectivity index (χ4v) is 3.40. The summed E-state index contributed by atoms with van der Waals surface area (Å²) in [7, 11) is 1.59. The number of fused-ring (bicyclic) bond motifs is 1. The highest BCUT2D eigenvalue weighted by molar-refractivity contribution is 6.33. The molecule has 1 N–H and O–H groups in total. The van der Waals surface area contributed by atoms with Crippen LogP contribution in [0.2, 0.25) is 5.02 Å². The number of carboxylic acids is 1. The summed E-state index contributed by atoms with van der Waals surface area (Å²) in [5.74, 6) is -0.176. The molecule has 1 aromatic carbocycles. The molecule has 0 radical (unpaired) electrons. The van der Waals surface area contributed by atoms with E-state index >= 15 is 0 Å². The Morgan fingerprint density at radius 1 is 1.40 bits per heavy atom. The number of methoxy groups -OCH3 is 1. The summed E-state index contributed by atoms with van der Waals surface area (Å²) in [5.41, 5.74) is 2.81. The lowest BCUT2D eigenvalue weighted by molar-refractivity contribution is -0.138. The highest BCUT2D eigenvalue weighted by Crippen LogP contribution is 2.43. The number of aliphatic carboxylic acids is 1. The van der Waals surface area contributed by atoms with Gasteiger partial charge in [0.1, 0.15) is 5.75 Å². The maximum atomic E-state index is 11.1. The second kappa shape index (κ2) is 5.65. The summed E-state index contributed by atoms with van der Waals surface area (Å²) in [6.45, 7) is 3.84. The lowest BCUT2D eigenvalue weighted by atomic mass is 9.78. The zero-order valence-electron chi connectivity index (χ0n) is 12.3. The van der Waals surface area contributed by atoms with Crippen LogP contribution in [0, 0.1) is 0 Å². The van der Waals surface area contributed by atoms with E-state index in [1.807, 2.05) is 13.8 Å². The largest absolute Gasteiger partial charge is 0.495 e. The van der Waals surface area contributed by atoms with Crippen molar-refractivity contribution < 1.29 is 14.6 Å². The molecule has 0 aliphatic heterocycles. The first-order chi connectivity index (χ1) is 9.36. The first kappa shape index (κ1) is 15.2. The van der Waals surface area contributed by atoms with Crippen LogP contribution in [0.5, 0.6) is 5.75 Å². The van der Waals surface area contributed by atoms with Crippen molar-refractivity contribution in [2.24, 2.45) is 0 Å². The lowest BCUT2D eigenvalue weighted by Crippen LogP contribution is -2.23. The van der Waals surface area contributed by atoms with Gasteiger partial charge in [0.25, 0.3) is 0 Å². The molecule has 0 saturated carbocycles. The molecule has 0 amide bonds. The fraction of sp³-hybridized carbons (Fsp3) is 0.562. The van der Waals surface area contributed by atoms with Crippen molar-refractivity contribution in [1.82, 2.24) is 0 Å². The molecule has 0 spiro atoms. The fourth-order valence-electron chi connectivity index (χ4n) is 3.01. The Morgan fingerprint density at radius 3 is 2.65 bits per heavy atom. The molecule has 1 aliphatic carbocycles. The van der Waals surface area contributed by atoms with Crippen molar-refractivity contribution in [3.63, 3.8) is 0 Å². The van der Waals surface area contributed by atoms with E-state index in [9.17, 15) is 4.79 Å². The molecule has 0 saturated heterocycles. The Morgan fingerprint density at radius 2 is 2.05 bits per heavy atom. The first-order valence-corrected chi connectivity index (χ1v) is 7.35. The van der Waals surface area contributed by atoms with Crippen LogP contribution in [0.4, 0.5) is 0 Å². The third-order valence-electron chi connectivity index (χ3n) is 4.06. The molecule has 0 aromatic heterocycles. The van der Waals surface area contributed by atoms with Crippen molar-refractivity contribution in [2.45, 2.75) is 51.4 Å². The summed E-state index contributed by atoms with van der Waals surface area (Å²) in [4.78, 5) is 11.1. The predicted octanol–water partition coefficient (Wildman–Crippen LogP) is 3.98. The van der Waals surface area contributed by atoms with E-state index in [4.69, 9.17) is 21.4 Å². The summed E-state index contributed by atoms with van der Waals surface area (Å²) in [6, 6.07) is 2.10. The summed E-state index contributed by atoms with van der Waals surface area (Å²) in [5, 5.41) is 9.77. The molecule has 110 valence electrons. The molecule has 0 bridgehead atoms. The number of hydrogen-bond donors (Lipinski definition) is 1. The Balaban J connectivity index is 2.57. The van der Waals surface area contributed by atoms with E-state index in [-0.39, 0.29) is 6.42 Å². The van der Waals surface area contributed by atoms with Gasteiger partial charge in [0.15, 0.2) is 0 Å². The van der Waals surface area contributed by atoms with Crippen LogP contribution in [0.25, 0.3) is 0 Å². The quantitative estimate of drug-likeness (QED) is 0.914. The van der Waals surface area contributed by atoms with Gasteiger partial charge in [-0.25, -0.2) is 0 Å². The molecule has 0 heterocycles. The maximum absolute atomic E-state index is 11.1. The lowest BCUT2D eigenvalue weighted by Gasteiger charge is -2.29. The van der Waals surface area contributed by atoms with E-state index in [0.29, 0.717) is 10.8 Å². The van der Waals surface area contributed by atoms with Crippen LogP contribution in [-0.2, 0) is 23.1 Å². The van der Waals surface area contributed by atoms with Crippen LogP contribution in [0.15, 0.2) is 6.07 Å². The molecule has 1 aliphatic rings. The van der Waals surface area contributed by atoms with Gasteiger partial charge in [-0.1, -0.05) is 31.5 Å². The summed E-state index contributed by atoms with van der Waals surface area (Å²) < 4.78 is 5.49. The van der Waals surface area contributed by atoms with Gasteiger partial charge in [-0.05, 0) is 36.8 Å². The van der Waals surface area contributed by atoms with Gasteiger partial charge in [0.2, 0.25) is 0 Å². The molecule has 20 heavy (non-hydrogen) atoms. The molecule has 3 nitrogen and oxygen atoms in total. The topological polar surface area (TPSA) is 46.5 Å². The minimum Gasteiger partial charge on any atom is -0.495 e. The molecule has 1 aromatic rings. The van der Waals surface area contributed by atoms with E-state index in [1.54, 1.807) is 7.11 Å². The zero-order valence-corrected chi connectivity index (χ0v) is 13.0. The van der Waals surface area contributed by atoms with E-state index in [2.05, 4.69) is 6.07 Å². The van der Waals surface area contributed by atoms with Crippen LogP contribution in [0.3, 0.4) is 0 Å². The minimum atomic E-state index is -0.814. The standard InChI is InChI=1S/C16H21ClO3/c1-16(2,9-13(18)19)12-8-10-6-4-5-7-11(10)14(17)15(12)20-3/h8H,4-7,9H2,1-3H3,(H,18,19). The summed E-state index contributed by atoms with van der Waals surface area (Å²) in [6.07, 6.45) is 4.35. The molecule has 0 fully saturated rings. The number of ether oxygens (including phenoxy) is 1. The number of benzene rings is 1. The average molecular weight is 297 g/mol. The minimum absolute atomic E-state index is 0.0540. The molecular formula is C16H21ClO3. The number of carbonyl (C=O) groups is 1. The number of aryl methyl sites for hydroxylation is 1. The number of halogens is 1. The molecule has 4 heteroatoms. The Bertz CT molecular complexity index is 535. The van der Waals surface area contributed by atoms with E-state index in [1.165, 1.54) is 11.1 Å². The van der Waals surface area contributed by atoms with Crippen molar-refractivity contribution in [3.8, 4) is 5.75 Å². The summed E-state index contributed by atoms with van der Waals surface area (Å²) >= 11 is 6.50. The van der Waals surface area contributed by atoms with Crippen molar-refractivity contribution in [1.29, 1.82) is 0 Å². The normalized spacial score (nSPS) is 14.8. The van der Waals surface area contributed by atoms with Gasteiger partial charge in [-0.3, -0.25) is 4.79 Å². The Kier molecular flexibility index (Phi) is 4.28. The van der Waals surface area contributed by atoms with Crippen LogP contribution in [-0.4, -0.2) is 18.2 Å². The molecule has 0 atom stereocenters. The third-order valence-corrected chi connectivity index (χ3v) is 4.46. The number of hydrogen-bond acceptors (Lipinski definition) is 2. The van der Waals surface area contributed by atoms with Gasteiger partial charge in [-0.2, -0.15) is 0 Å². The average Bonchev–Trinajstić information content (AvgIpc) is 2.37. The third kappa shape index (κ3) is 2.78. The van der Waals surface area contributed by atoms with E-state index < -0.39 is 11.4 Å². The van der Waals surface area contributed by atoms with Gasteiger partial charge in [0, 0.05) is 11.0 Å². The van der Waals surface area contributed by atoms with Crippen LogP contribution in [0.1, 0.15) is 49.8 Å². The molecule has 2 rings (SSSR count). The number of carboxylic acid groups (broad SMARTS) is 1. The van der Waals surface area contributed by atoms with E-state index in [0.717, 1.165) is 31.2 Å². The first-order valence-electron chi connectivity index (χ1n) is 6.97. The zero-order chi connectivity index (χ0) is 14.9. The van der Waals surface area contributed by atoms with Gasteiger partial charge in [0.05, 0.1) is 18.6 Å². The number of rotatable bonds is 4. The smallest absolute Gasteiger partial charge is 0.304 e. The molecular weight excluding hydrogens is 276 g/mol. The van der Waals surface area contributed by atoms with Gasteiger partial charge in [-0.15, -0.1) is 0 Å². The highest BCUT2D eigenvalue weighted by atomic mass is 35.5. The van der Waals surface area contributed by atoms with Gasteiger partial charge < -0.3 is 9.84 Å². The van der Waals surface area contributed by atoms with Crippen molar-refractivity contribution in [2.75, 3.05) is 7.11 Å². The second-order valence-corrected chi connectivity index (χ2v) is 6.45. The second-order valence-electron chi connectivity index (χ2n) is 6.07. The Labute approximate surface area is 124 Å². The Hall–Kier alpha value is -1.22. The van der Waals surface area contributed by atoms with Crippen LogP contribution < -0.4 is 4.74 Å².